The van der Waals surface area contributed by atoms with Crippen molar-refractivity contribution in [2.45, 2.75) is 40.7 Å². The molecule has 0 unspecified atom stereocenters. The van der Waals surface area contributed by atoms with Crippen molar-refractivity contribution in [3.8, 4) is 0 Å². The van der Waals surface area contributed by atoms with Gasteiger partial charge >= 0.3 is 0 Å². The van der Waals surface area contributed by atoms with Gasteiger partial charge in [-0.15, -0.1) is 0 Å². The van der Waals surface area contributed by atoms with Crippen LogP contribution in [0.3, 0.4) is 0 Å². The molecule has 80 valence electrons. The van der Waals surface area contributed by atoms with Crippen LogP contribution in [-0.4, -0.2) is 16.3 Å². The van der Waals surface area contributed by atoms with Crippen LogP contribution in [0.1, 0.15) is 32.2 Å². The minimum atomic E-state index is 0.166. The molecule has 0 fully saturated rings. The van der Waals surface area contributed by atoms with Crippen LogP contribution in [0.15, 0.2) is 6.07 Å². The Labute approximate surface area is 86.3 Å². The highest BCUT2D eigenvalue weighted by molar-refractivity contribution is 5.10. The van der Waals surface area contributed by atoms with Gasteiger partial charge in [-0.1, -0.05) is 13.8 Å². The number of rotatable bonds is 4. The van der Waals surface area contributed by atoms with E-state index in [1.54, 1.807) is 0 Å². The van der Waals surface area contributed by atoms with Crippen LogP contribution >= 0.6 is 0 Å². The maximum absolute atomic E-state index is 5.72. The highest BCUT2D eigenvalue weighted by atomic mass is 15.3. The Kier molecular flexibility index (Phi) is 3.32. The Bertz CT molecular complexity index is 299. The van der Waals surface area contributed by atoms with Crippen LogP contribution in [0.25, 0.3) is 0 Å². The number of aryl methyl sites for hydroxylation is 2. The molecule has 0 bridgehead atoms. The van der Waals surface area contributed by atoms with Gasteiger partial charge in [0.1, 0.15) is 0 Å². The molecule has 0 atom stereocenters. The second-order valence-electron chi connectivity index (χ2n) is 4.64. The van der Waals surface area contributed by atoms with E-state index in [-0.39, 0.29) is 5.41 Å². The minimum Gasteiger partial charge on any atom is -0.330 e. The summed E-state index contributed by atoms with van der Waals surface area (Å²) in [7, 11) is 0. The largest absolute Gasteiger partial charge is 0.330 e. The number of hydrogen-bond acceptors (Lipinski definition) is 2. The van der Waals surface area contributed by atoms with Gasteiger partial charge in [0.25, 0.3) is 0 Å². The molecule has 0 saturated carbocycles. The van der Waals surface area contributed by atoms with Crippen molar-refractivity contribution in [1.82, 2.24) is 9.78 Å². The lowest BCUT2D eigenvalue weighted by molar-refractivity contribution is 0.363. The van der Waals surface area contributed by atoms with Crippen molar-refractivity contribution in [3.63, 3.8) is 0 Å². The smallest absolute Gasteiger partial charge is 0.0596 e. The fourth-order valence-electron chi connectivity index (χ4n) is 1.58. The molecular formula is C11H21N3. The molecule has 1 rings (SSSR count). The van der Waals surface area contributed by atoms with Gasteiger partial charge in [-0.2, -0.15) is 5.10 Å². The zero-order chi connectivity index (χ0) is 10.8. The lowest BCUT2D eigenvalue weighted by Crippen LogP contribution is -2.27. The lowest BCUT2D eigenvalue weighted by Gasteiger charge is -2.22. The van der Waals surface area contributed by atoms with Crippen molar-refractivity contribution in [1.29, 1.82) is 0 Å². The zero-order valence-corrected chi connectivity index (χ0v) is 9.67. The van der Waals surface area contributed by atoms with Crippen molar-refractivity contribution in [3.05, 3.63) is 17.5 Å². The summed E-state index contributed by atoms with van der Waals surface area (Å²) in [4.78, 5) is 0. The Hall–Kier alpha value is -0.830. The maximum Gasteiger partial charge on any atom is 0.0596 e. The van der Waals surface area contributed by atoms with E-state index >= 15 is 0 Å². The molecule has 3 heteroatoms. The minimum absolute atomic E-state index is 0.166. The van der Waals surface area contributed by atoms with Gasteiger partial charge in [0, 0.05) is 12.2 Å². The van der Waals surface area contributed by atoms with Gasteiger partial charge in [-0.3, -0.25) is 4.68 Å². The van der Waals surface area contributed by atoms with Crippen molar-refractivity contribution in [2.24, 2.45) is 11.1 Å². The van der Waals surface area contributed by atoms with Crippen molar-refractivity contribution >= 4 is 0 Å². The summed E-state index contributed by atoms with van der Waals surface area (Å²) in [5, 5.41) is 4.42. The van der Waals surface area contributed by atoms with E-state index in [9.17, 15) is 0 Å². The van der Waals surface area contributed by atoms with Gasteiger partial charge in [0.05, 0.1) is 5.69 Å². The quantitative estimate of drug-likeness (QED) is 0.795. The number of aromatic nitrogens is 2. The zero-order valence-electron chi connectivity index (χ0n) is 9.67. The van der Waals surface area contributed by atoms with Crippen LogP contribution in [-0.2, 0) is 13.0 Å². The van der Waals surface area contributed by atoms with Gasteiger partial charge in [-0.25, -0.2) is 0 Å². The molecule has 1 aromatic heterocycles. The fourth-order valence-corrected chi connectivity index (χ4v) is 1.58. The first-order chi connectivity index (χ1) is 6.48. The molecule has 0 radical (unpaired) electrons. The lowest BCUT2D eigenvalue weighted by atomic mass is 9.88. The number of hydrogen-bond donors (Lipinski definition) is 1. The van der Waals surface area contributed by atoms with Crippen molar-refractivity contribution in [2.75, 3.05) is 6.54 Å². The van der Waals surface area contributed by atoms with Gasteiger partial charge in [-0.05, 0) is 38.3 Å². The summed E-state index contributed by atoms with van der Waals surface area (Å²) in [5.41, 5.74) is 8.27. The van der Waals surface area contributed by atoms with Crippen LogP contribution in [0.2, 0.25) is 0 Å². The standard InChI is InChI=1S/C11H21N3/c1-5-14-10(6-9(2)13-14)7-11(3,4)8-12/h6H,5,7-8,12H2,1-4H3. The number of nitrogens with two attached hydrogens (primary N) is 1. The summed E-state index contributed by atoms with van der Waals surface area (Å²) in [6, 6.07) is 2.15. The normalized spacial score (nSPS) is 12.1. The molecule has 2 N–H and O–H groups in total. The van der Waals surface area contributed by atoms with Gasteiger partial charge in [0.15, 0.2) is 0 Å². The molecule has 1 aromatic rings. The second-order valence-corrected chi connectivity index (χ2v) is 4.64. The molecule has 0 saturated heterocycles. The van der Waals surface area contributed by atoms with Crippen LogP contribution < -0.4 is 5.73 Å². The predicted octanol–water partition coefficient (Wildman–Crippen LogP) is 1.74. The Morgan fingerprint density at radius 1 is 1.50 bits per heavy atom. The van der Waals surface area contributed by atoms with Crippen LogP contribution in [0.5, 0.6) is 0 Å². The highest BCUT2D eigenvalue weighted by Gasteiger charge is 2.18. The van der Waals surface area contributed by atoms with Crippen molar-refractivity contribution < 1.29 is 0 Å². The third kappa shape index (κ3) is 2.58. The molecule has 0 aliphatic carbocycles. The monoisotopic (exact) mass is 195 g/mol. The van der Waals surface area contributed by atoms with E-state index in [1.165, 1.54) is 5.69 Å². The van der Waals surface area contributed by atoms with E-state index < -0.39 is 0 Å². The average molecular weight is 195 g/mol. The SMILES string of the molecule is CCn1nc(C)cc1CC(C)(C)CN. The molecule has 0 spiro atoms. The second kappa shape index (κ2) is 4.13. The summed E-state index contributed by atoms with van der Waals surface area (Å²) in [6.45, 7) is 10.2. The molecule has 0 amide bonds. The molecule has 3 nitrogen and oxygen atoms in total. The van der Waals surface area contributed by atoms with E-state index in [0.717, 1.165) is 18.7 Å². The summed E-state index contributed by atoms with van der Waals surface area (Å²) in [5.74, 6) is 0. The third-order valence-corrected chi connectivity index (χ3v) is 2.50. The first-order valence-corrected chi connectivity index (χ1v) is 5.22. The molecule has 0 aliphatic rings. The van der Waals surface area contributed by atoms with Crippen LogP contribution in [0.4, 0.5) is 0 Å². The van der Waals surface area contributed by atoms with Gasteiger partial charge in [0.2, 0.25) is 0 Å². The topological polar surface area (TPSA) is 43.8 Å². The first kappa shape index (κ1) is 11.2. The Morgan fingerprint density at radius 2 is 2.14 bits per heavy atom. The van der Waals surface area contributed by atoms with Crippen LogP contribution in [0, 0.1) is 12.3 Å². The Balaban J connectivity index is 2.85. The maximum atomic E-state index is 5.72. The van der Waals surface area contributed by atoms with E-state index in [1.807, 2.05) is 6.92 Å². The van der Waals surface area contributed by atoms with E-state index in [0.29, 0.717) is 6.54 Å². The van der Waals surface area contributed by atoms with E-state index in [2.05, 4.69) is 36.6 Å². The van der Waals surface area contributed by atoms with Gasteiger partial charge < -0.3 is 5.73 Å². The summed E-state index contributed by atoms with van der Waals surface area (Å²) in [6.07, 6.45) is 0.998. The van der Waals surface area contributed by atoms with E-state index in [4.69, 9.17) is 5.73 Å². The summed E-state index contributed by atoms with van der Waals surface area (Å²) >= 11 is 0. The molecular weight excluding hydrogens is 174 g/mol. The Morgan fingerprint density at radius 3 is 2.64 bits per heavy atom. The fraction of sp³-hybridized carbons (Fsp3) is 0.727. The molecule has 0 aliphatic heterocycles. The average Bonchev–Trinajstić information content (AvgIpc) is 2.45. The highest BCUT2D eigenvalue weighted by Crippen LogP contribution is 2.20. The third-order valence-electron chi connectivity index (χ3n) is 2.50. The molecule has 1 heterocycles. The molecule has 14 heavy (non-hydrogen) atoms. The molecule has 0 aromatic carbocycles. The number of nitrogens with zero attached hydrogens (tertiary/aromatic N) is 2. The summed E-state index contributed by atoms with van der Waals surface area (Å²) < 4.78 is 2.06. The predicted molar refractivity (Wildman–Crippen MR) is 59.2 cm³/mol. The first-order valence-electron chi connectivity index (χ1n) is 5.22.